The summed E-state index contributed by atoms with van der Waals surface area (Å²) in [5, 5.41) is 9.38. The van der Waals surface area contributed by atoms with Gasteiger partial charge < -0.3 is 10.0 Å². The highest BCUT2D eigenvalue weighted by Gasteiger charge is 2.20. The number of nitrogens with zero attached hydrogens (tertiary/aromatic N) is 1. The zero-order chi connectivity index (χ0) is 14.1. The van der Waals surface area contributed by atoms with E-state index in [2.05, 4.69) is 26.8 Å². The number of hydrogen-bond acceptors (Lipinski definition) is 2. The Morgan fingerprint density at radius 2 is 1.89 bits per heavy atom. The largest absolute Gasteiger partial charge is 0.384 e. The van der Waals surface area contributed by atoms with E-state index in [1.807, 2.05) is 19.1 Å². The first-order valence-corrected chi connectivity index (χ1v) is 6.21. The Hall–Kier alpha value is -1.35. The van der Waals surface area contributed by atoms with E-state index in [1.165, 1.54) is 17.4 Å². The predicted molar refractivity (Wildman–Crippen MR) is 75.0 cm³/mol. The Labute approximate surface area is 109 Å². The second-order valence-electron chi connectivity index (χ2n) is 5.82. The molecule has 1 unspecified atom stereocenters. The lowest BCUT2D eigenvalue weighted by Crippen LogP contribution is -2.35. The van der Waals surface area contributed by atoms with Crippen molar-refractivity contribution in [2.45, 2.75) is 46.1 Å². The summed E-state index contributed by atoms with van der Waals surface area (Å²) in [6.07, 6.45) is -0.979. The standard InChI is InChI=1S/C15H23NO2/c1-10-7-8-12(15(3,4)5)9-13(10)16(6)14(18)11(2)17/h7-9,11,17H,1-6H3. The summed E-state index contributed by atoms with van der Waals surface area (Å²) in [4.78, 5) is 13.4. The number of amides is 1. The van der Waals surface area contributed by atoms with Crippen molar-refractivity contribution in [2.24, 2.45) is 0 Å². The molecule has 0 heterocycles. The van der Waals surface area contributed by atoms with Gasteiger partial charge in [0.05, 0.1) is 0 Å². The normalized spacial score (nSPS) is 13.3. The molecule has 0 bridgehead atoms. The van der Waals surface area contributed by atoms with Gasteiger partial charge in [-0.15, -0.1) is 0 Å². The lowest BCUT2D eigenvalue weighted by molar-refractivity contribution is -0.125. The van der Waals surface area contributed by atoms with Gasteiger partial charge in [-0.25, -0.2) is 0 Å². The first-order chi connectivity index (χ1) is 8.14. The Bertz CT molecular complexity index is 444. The number of carbonyl (C=O) groups is 1. The molecule has 0 fully saturated rings. The van der Waals surface area contributed by atoms with Crippen LogP contribution in [0.1, 0.15) is 38.8 Å². The van der Waals surface area contributed by atoms with Crippen molar-refractivity contribution in [3.05, 3.63) is 29.3 Å². The van der Waals surface area contributed by atoms with Crippen molar-refractivity contribution in [1.82, 2.24) is 0 Å². The molecule has 0 aliphatic carbocycles. The van der Waals surface area contributed by atoms with Crippen molar-refractivity contribution < 1.29 is 9.90 Å². The van der Waals surface area contributed by atoms with Gasteiger partial charge in [-0.05, 0) is 36.5 Å². The number of rotatable bonds is 2. The SMILES string of the molecule is Cc1ccc(C(C)(C)C)cc1N(C)C(=O)C(C)O. The molecule has 0 spiro atoms. The van der Waals surface area contributed by atoms with Gasteiger partial charge in [0.15, 0.2) is 0 Å². The van der Waals surface area contributed by atoms with Gasteiger partial charge in [0.2, 0.25) is 0 Å². The van der Waals surface area contributed by atoms with E-state index in [-0.39, 0.29) is 11.3 Å². The fourth-order valence-corrected chi connectivity index (χ4v) is 1.84. The molecular formula is C15H23NO2. The summed E-state index contributed by atoms with van der Waals surface area (Å²) in [6.45, 7) is 9.86. The van der Waals surface area contributed by atoms with Gasteiger partial charge in [-0.3, -0.25) is 4.79 Å². The molecule has 1 amide bonds. The number of carbonyl (C=O) groups excluding carboxylic acids is 1. The molecule has 3 heteroatoms. The van der Waals surface area contributed by atoms with Crippen LogP contribution in [0.2, 0.25) is 0 Å². The van der Waals surface area contributed by atoms with Crippen molar-refractivity contribution in [2.75, 3.05) is 11.9 Å². The zero-order valence-electron chi connectivity index (χ0n) is 12.1. The molecular weight excluding hydrogens is 226 g/mol. The van der Waals surface area contributed by atoms with E-state index in [9.17, 15) is 9.90 Å². The van der Waals surface area contributed by atoms with Crippen LogP contribution in [-0.2, 0) is 10.2 Å². The van der Waals surface area contributed by atoms with Crippen molar-refractivity contribution in [3.8, 4) is 0 Å². The van der Waals surface area contributed by atoms with Crippen LogP contribution in [0.25, 0.3) is 0 Å². The Kier molecular flexibility index (Phi) is 4.17. The van der Waals surface area contributed by atoms with Gasteiger partial charge >= 0.3 is 0 Å². The Balaban J connectivity index is 3.20. The molecule has 0 radical (unpaired) electrons. The monoisotopic (exact) mass is 249 g/mol. The molecule has 18 heavy (non-hydrogen) atoms. The topological polar surface area (TPSA) is 40.5 Å². The number of likely N-dealkylation sites (N-methyl/N-ethyl adjacent to an activating group) is 1. The molecule has 3 nitrogen and oxygen atoms in total. The minimum absolute atomic E-state index is 0.0389. The van der Waals surface area contributed by atoms with Gasteiger partial charge in [-0.1, -0.05) is 32.9 Å². The number of aliphatic hydroxyl groups excluding tert-OH is 1. The summed E-state index contributed by atoms with van der Waals surface area (Å²) in [5.74, 6) is -0.288. The number of aliphatic hydroxyl groups is 1. The molecule has 100 valence electrons. The molecule has 1 aromatic rings. The Morgan fingerprint density at radius 3 is 2.33 bits per heavy atom. The third-order valence-corrected chi connectivity index (χ3v) is 3.12. The van der Waals surface area contributed by atoms with E-state index in [1.54, 1.807) is 7.05 Å². The minimum Gasteiger partial charge on any atom is -0.384 e. The molecule has 0 saturated carbocycles. The summed E-state index contributed by atoms with van der Waals surface area (Å²) in [6, 6.07) is 6.12. The first-order valence-electron chi connectivity index (χ1n) is 6.21. The second kappa shape index (κ2) is 5.11. The predicted octanol–water partition coefficient (Wildman–Crippen LogP) is 2.64. The van der Waals surface area contributed by atoms with Crippen LogP contribution in [0.4, 0.5) is 5.69 Å². The molecule has 1 atom stereocenters. The summed E-state index contributed by atoms with van der Waals surface area (Å²) in [5.41, 5.74) is 3.10. The lowest BCUT2D eigenvalue weighted by Gasteiger charge is -2.25. The molecule has 1 rings (SSSR count). The van der Waals surface area contributed by atoms with Gasteiger partial charge in [0.1, 0.15) is 6.10 Å². The highest BCUT2D eigenvalue weighted by molar-refractivity contribution is 5.96. The average Bonchev–Trinajstić information content (AvgIpc) is 2.26. The number of hydrogen-bond donors (Lipinski definition) is 1. The van der Waals surface area contributed by atoms with E-state index in [0.717, 1.165) is 11.3 Å². The molecule has 0 aromatic heterocycles. The van der Waals surface area contributed by atoms with Crippen LogP contribution in [0.5, 0.6) is 0 Å². The van der Waals surface area contributed by atoms with Crippen LogP contribution < -0.4 is 4.90 Å². The average molecular weight is 249 g/mol. The van der Waals surface area contributed by atoms with Crippen LogP contribution in [0.3, 0.4) is 0 Å². The third-order valence-electron chi connectivity index (χ3n) is 3.12. The highest BCUT2D eigenvalue weighted by Crippen LogP contribution is 2.28. The summed E-state index contributed by atoms with van der Waals surface area (Å²) < 4.78 is 0. The van der Waals surface area contributed by atoms with Gasteiger partial charge in [-0.2, -0.15) is 0 Å². The smallest absolute Gasteiger partial charge is 0.255 e. The number of anilines is 1. The quantitative estimate of drug-likeness (QED) is 0.875. The molecule has 0 aliphatic heterocycles. The summed E-state index contributed by atoms with van der Waals surface area (Å²) >= 11 is 0. The third kappa shape index (κ3) is 3.10. The Morgan fingerprint density at radius 1 is 1.33 bits per heavy atom. The minimum atomic E-state index is -0.979. The maximum Gasteiger partial charge on any atom is 0.255 e. The lowest BCUT2D eigenvalue weighted by atomic mass is 9.86. The molecule has 0 saturated heterocycles. The fraction of sp³-hybridized carbons (Fsp3) is 0.533. The number of aryl methyl sites for hydroxylation is 1. The van der Waals surface area contributed by atoms with Crippen molar-refractivity contribution in [3.63, 3.8) is 0 Å². The van der Waals surface area contributed by atoms with Crippen molar-refractivity contribution >= 4 is 11.6 Å². The van der Waals surface area contributed by atoms with E-state index in [4.69, 9.17) is 0 Å². The maximum absolute atomic E-state index is 11.8. The second-order valence-corrected chi connectivity index (χ2v) is 5.82. The molecule has 1 aromatic carbocycles. The highest BCUT2D eigenvalue weighted by atomic mass is 16.3. The fourth-order valence-electron chi connectivity index (χ4n) is 1.84. The van der Waals surface area contributed by atoms with E-state index < -0.39 is 6.10 Å². The van der Waals surface area contributed by atoms with Crippen LogP contribution in [0, 0.1) is 6.92 Å². The molecule has 1 N–H and O–H groups in total. The van der Waals surface area contributed by atoms with Gasteiger partial charge in [0.25, 0.3) is 5.91 Å². The van der Waals surface area contributed by atoms with Crippen LogP contribution in [-0.4, -0.2) is 24.2 Å². The van der Waals surface area contributed by atoms with E-state index >= 15 is 0 Å². The first kappa shape index (κ1) is 14.7. The number of benzene rings is 1. The van der Waals surface area contributed by atoms with E-state index in [0.29, 0.717) is 0 Å². The van der Waals surface area contributed by atoms with Crippen LogP contribution >= 0.6 is 0 Å². The molecule has 0 aliphatic rings. The van der Waals surface area contributed by atoms with Gasteiger partial charge in [0, 0.05) is 12.7 Å². The van der Waals surface area contributed by atoms with Crippen molar-refractivity contribution in [1.29, 1.82) is 0 Å². The zero-order valence-corrected chi connectivity index (χ0v) is 12.1. The summed E-state index contributed by atoms with van der Waals surface area (Å²) in [7, 11) is 1.70. The van der Waals surface area contributed by atoms with Crippen LogP contribution in [0.15, 0.2) is 18.2 Å². The maximum atomic E-state index is 11.8.